The molecule has 0 aliphatic rings. The van der Waals surface area contributed by atoms with E-state index in [1.165, 1.54) is 0 Å². The second-order valence-corrected chi connectivity index (χ2v) is 7.74. The van der Waals surface area contributed by atoms with Gasteiger partial charge in [-0.05, 0) is 30.3 Å². The molecule has 1 N–H and O–H groups in total. The molecule has 3 heterocycles. The molecular weight excluding hydrogens is 406 g/mol. The predicted molar refractivity (Wildman–Crippen MR) is 124 cm³/mol. The molecule has 0 fully saturated rings. The van der Waals surface area contributed by atoms with Crippen LogP contribution in [-0.4, -0.2) is 24.6 Å². The topological polar surface area (TPSA) is 58.9 Å². The highest BCUT2D eigenvalue weighted by atomic mass is 35.5. The number of hydrogen-bond acceptors (Lipinski definition) is 3. The van der Waals surface area contributed by atoms with Crippen LogP contribution in [0, 0.1) is 0 Å². The van der Waals surface area contributed by atoms with Gasteiger partial charge in [0.05, 0.1) is 22.4 Å². The first-order valence-corrected chi connectivity index (χ1v) is 10.3. The van der Waals surface area contributed by atoms with E-state index < -0.39 is 0 Å². The number of aromatic amines is 1. The highest BCUT2D eigenvalue weighted by Gasteiger charge is 2.15. The zero-order chi connectivity index (χ0) is 20.8. The monoisotopic (exact) mass is 421 g/mol. The fourth-order valence-electron chi connectivity index (χ4n) is 3.75. The highest BCUT2D eigenvalue weighted by Crippen LogP contribution is 2.29. The lowest BCUT2D eigenvalue weighted by molar-refractivity contribution is 0.951. The van der Waals surface area contributed by atoms with Gasteiger partial charge in [0.25, 0.3) is 0 Å². The molecule has 0 aliphatic heterocycles. The summed E-state index contributed by atoms with van der Waals surface area (Å²) in [6, 6.07) is 29.8. The van der Waals surface area contributed by atoms with Crippen LogP contribution in [0.2, 0.25) is 5.02 Å². The van der Waals surface area contributed by atoms with Crippen molar-refractivity contribution >= 4 is 28.3 Å². The Morgan fingerprint density at radius 1 is 0.710 bits per heavy atom. The number of nitrogens with one attached hydrogen (secondary N) is 1. The average molecular weight is 422 g/mol. The number of fused-ring (bicyclic) bond motifs is 2. The normalized spacial score (nSPS) is 11.4. The van der Waals surface area contributed by atoms with Gasteiger partial charge in [0.1, 0.15) is 5.69 Å². The zero-order valence-corrected chi connectivity index (χ0v) is 17.1. The van der Waals surface area contributed by atoms with Gasteiger partial charge in [-0.1, -0.05) is 66.2 Å². The van der Waals surface area contributed by atoms with Crippen molar-refractivity contribution in [2.75, 3.05) is 0 Å². The molecule has 3 aromatic heterocycles. The molecule has 3 aromatic carbocycles. The molecule has 0 bridgehead atoms. The second kappa shape index (κ2) is 7.07. The smallest absolute Gasteiger partial charge is 0.157 e. The Morgan fingerprint density at radius 2 is 1.48 bits per heavy atom. The quantitative estimate of drug-likeness (QED) is 0.367. The van der Waals surface area contributed by atoms with Gasteiger partial charge < -0.3 is 4.98 Å². The molecule has 6 heteroatoms. The third-order valence-electron chi connectivity index (χ3n) is 5.27. The summed E-state index contributed by atoms with van der Waals surface area (Å²) in [5.41, 5.74) is 7.22. The van der Waals surface area contributed by atoms with Crippen LogP contribution in [0.15, 0.2) is 91.0 Å². The summed E-state index contributed by atoms with van der Waals surface area (Å²) in [7, 11) is 0. The molecule has 6 rings (SSSR count). The van der Waals surface area contributed by atoms with Gasteiger partial charge in [-0.25, -0.2) is 14.5 Å². The first-order valence-electron chi connectivity index (χ1n) is 9.92. The van der Waals surface area contributed by atoms with Crippen LogP contribution < -0.4 is 0 Å². The lowest BCUT2D eigenvalue weighted by atomic mass is 10.1. The van der Waals surface area contributed by atoms with Crippen LogP contribution in [0.3, 0.4) is 0 Å². The first kappa shape index (κ1) is 17.9. The van der Waals surface area contributed by atoms with Crippen LogP contribution in [-0.2, 0) is 0 Å². The molecule has 5 nitrogen and oxygen atoms in total. The number of rotatable bonds is 3. The standard InChI is InChI=1S/C25H16ClN5/c26-18-12-10-17(11-13-18)23-14-22(25-28-19-8-4-5-9-20(19)29-25)27-24-15-21(30-31(23)24)16-6-2-1-3-7-16/h1-15H,(H,28,29). The molecule has 0 amide bonds. The van der Waals surface area contributed by atoms with Crippen molar-refractivity contribution in [1.29, 1.82) is 0 Å². The van der Waals surface area contributed by atoms with Gasteiger partial charge in [-0.3, -0.25) is 0 Å². The molecule has 0 radical (unpaired) electrons. The molecule has 0 saturated carbocycles. The number of benzene rings is 3. The van der Waals surface area contributed by atoms with Gasteiger partial charge in [0, 0.05) is 22.2 Å². The number of imidazole rings is 1. The minimum absolute atomic E-state index is 0.692. The van der Waals surface area contributed by atoms with Gasteiger partial charge in [0.15, 0.2) is 11.5 Å². The molecule has 148 valence electrons. The molecule has 0 aliphatic carbocycles. The van der Waals surface area contributed by atoms with E-state index in [0.29, 0.717) is 5.02 Å². The maximum absolute atomic E-state index is 6.12. The molecule has 0 atom stereocenters. The Balaban J connectivity index is 1.60. The van der Waals surface area contributed by atoms with Crippen LogP contribution in [0.1, 0.15) is 0 Å². The first-order chi connectivity index (χ1) is 15.2. The van der Waals surface area contributed by atoms with E-state index >= 15 is 0 Å². The third-order valence-corrected chi connectivity index (χ3v) is 5.52. The lowest BCUT2D eigenvalue weighted by Crippen LogP contribution is -1.99. The Hall–Kier alpha value is -3.96. The van der Waals surface area contributed by atoms with Gasteiger partial charge in [-0.15, -0.1) is 0 Å². The van der Waals surface area contributed by atoms with Crippen molar-refractivity contribution in [3.8, 4) is 34.0 Å². The van der Waals surface area contributed by atoms with E-state index in [-0.39, 0.29) is 0 Å². The summed E-state index contributed by atoms with van der Waals surface area (Å²) in [4.78, 5) is 13.0. The molecule has 0 unspecified atom stereocenters. The summed E-state index contributed by atoms with van der Waals surface area (Å²) >= 11 is 6.12. The van der Waals surface area contributed by atoms with Gasteiger partial charge in [-0.2, -0.15) is 5.10 Å². The van der Waals surface area contributed by atoms with Gasteiger partial charge in [0.2, 0.25) is 0 Å². The molecular formula is C25H16ClN5. The van der Waals surface area contributed by atoms with E-state index in [2.05, 4.69) is 4.98 Å². The summed E-state index contributed by atoms with van der Waals surface area (Å²) < 4.78 is 1.87. The van der Waals surface area contributed by atoms with Crippen molar-refractivity contribution in [2.24, 2.45) is 0 Å². The zero-order valence-electron chi connectivity index (χ0n) is 16.3. The number of para-hydroxylation sites is 2. The molecule has 0 spiro atoms. The highest BCUT2D eigenvalue weighted by molar-refractivity contribution is 6.30. The summed E-state index contributed by atoms with van der Waals surface area (Å²) in [6.45, 7) is 0. The maximum Gasteiger partial charge on any atom is 0.157 e. The minimum atomic E-state index is 0.692. The fraction of sp³-hybridized carbons (Fsp3) is 0. The Bertz CT molecular complexity index is 1500. The van der Waals surface area contributed by atoms with Crippen molar-refractivity contribution < 1.29 is 0 Å². The number of aromatic nitrogens is 5. The van der Waals surface area contributed by atoms with Gasteiger partial charge >= 0.3 is 0 Å². The number of halogens is 1. The Morgan fingerprint density at radius 3 is 2.29 bits per heavy atom. The maximum atomic E-state index is 6.12. The minimum Gasteiger partial charge on any atom is -0.337 e. The average Bonchev–Trinajstić information content (AvgIpc) is 3.44. The lowest BCUT2D eigenvalue weighted by Gasteiger charge is -2.07. The third kappa shape index (κ3) is 3.16. The Kier molecular flexibility index (Phi) is 4.08. The van der Waals surface area contributed by atoms with Crippen molar-refractivity contribution in [3.05, 3.63) is 96.0 Å². The molecule has 31 heavy (non-hydrogen) atoms. The van der Waals surface area contributed by atoms with Crippen LogP contribution in [0.4, 0.5) is 0 Å². The summed E-state index contributed by atoms with van der Waals surface area (Å²) in [5.74, 6) is 0.723. The second-order valence-electron chi connectivity index (χ2n) is 7.30. The fourth-order valence-corrected chi connectivity index (χ4v) is 3.87. The Labute approximate surface area is 183 Å². The number of H-pyrrole nitrogens is 1. The van der Waals surface area contributed by atoms with E-state index in [9.17, 15) is 0 Å². The summed E-state index contributed by atoms with van der Waals surface area (Å²) in [5, 5.41) is 5.54. The van der Waals surface area contributed by atoms with Crippen molar-refractivity contribution in [3.63, 3.8) is 0 Å². The van der Waals surface area contributed by atoms with Crippen molar-refractivity contribution in [2.45, 2.75) is 0 Å². The van der Waals surface area contributed by atoms with Crippen LogP contribution in [0.25, 0.3) is 50.7 Å². The predicted octanol–water partition coefficient (Wildman–Crippen LogP) is 6.26. The van der Waals surface area contributed by atoms with Crippen LogP contribution in [0.5, 0.6) is 0 Å². The van der Waals surface area contributed by atoms with E-state index in [0.717, 1.165) is 50.7 Å². The van der Waals surface area contributed by atoms with Crippen molar-refractivity contribution in [1.82, 2.24) is 24.6 Å². The number of nitrogens with zero attached hydrogens (tertiary/aromatic N) is 4. The van der Waals surface area contributed by atoms with Crippen LogP contribution >= 0.6 is 11.6 Å². The molecule has 6 aromatic rings. The van der Waals surface area contributed by atoms with E-state index in [1.807, 2.05) is 95.5 Å². The van der Waals surface area contributed by atoms with E-state index in [4.69, 9.17) is 26.7 Å². The largest absolute Gasteiger partial charge is 0.337 e. The number of hydrogen-bond donors (Lipinski definition) is 1. The summed E-state index contributed by atoms with van der Waals surface area (Å²) in [6.07, 6.45) is 0. The SMILES string of the molecule is Clc1ccc(-c2cc(-c3nc4ccccc4[nH]3)nc3cc(-c4ccccc4)nn23)cc1. The van der Waals surface area contributed by atoms with E-state index in [1.54, 1.807) is 0 Å². The molecule has 0 saturated heterocycles.